The summed E-state index contributed by atoms with van der Waals surface area (Å²) in [6.07, 6.45) is 5.57. The number of benzene rings is 2. The van der Waals surface area contributed by atoms with E-state index in [4.69, 9.17) is 9.90 Å². The first-order valence-electron chi connectivity index (χ1n) is 10.3. The Kier molecular flexibility index (Phi) is 11.2. The van der Waals surface area contributed by atoms with Crippen molar-refractivity contribution >= 4 is 17.9 Å². The third kappa shape index (κ3) is 6.93. The highest BCUT2D eigenvalue weighted by Crippen LogP contribution is 2.30. The summed E-state index contributed by atoms with van der Waals surface area (Å²) in [5.41, 5.74) is 3.17. The van der Waals surface area contributed by atoms with Gasteiger partial charge in [-0.15, -0.1) is 0 Å². The van der Waals surface area contributed by atoms with Crippen molar-refractivity contribution in [2.24, 2.45) is 0 Å². The van der Waals surface area contributed by atoms with E-state index in [0.29, 0.717) is 5.56 Å². The van der Waals surface area contributed by atoms with Gasteiger partial charge in [0.25, 0.3) is 6.47 Å². The number of anilines is 1. The molecule has 2 N–H and O–H groups in total. The summed E-state index contributed by atoms with van der Waals surface area (Å²) in [5.74, 6) is -0.0418. The van der Waals surface area contributed by atoms with Crippen molar-refractivity contribution in [3.05, 3.63) is 59.2 Å². The standard InChI is InChI=1S/C23H31NO2.CH2O2/c1-4-7-8-9-13-18-14-12-16-20(24(5-2)6-3)22(18)23(26)19-15-10-11-17-21(19)25;2-1-3/h10-12,14-17,25H,4-9,13H2,1-3H3;1H,(H,2,3). The smallest absolute Gasteiger partial charge is 0.290 e. The Morgan fingerprint density at radius 1 is 0.966 bits per heavy atom. The fourth-order valence-electron chi connectivity index (χ4n) is 3.43. The van der Waals surface area contributed by atoms with E-state index in [1.807, 2.05) is 12.1 Å². The highest BCUT2D eigenvalue weighted by molar-refractivity contribution is 6.14. The van der Waals surface area contributed by atoms with Crippen LogP contribution in [0, 0.1) is 0 Å². The predicted octanol–water partition coefficient (Wildman–Crippen LogP) is 5.29. The molecule has 158 valence electrons. The van der Waals surface area contributed by atoms with Crippen molar-refractivity contribution in [2.45, 2.75) is 52.9 Å². The molecular weight excluding hydrogens is 366 g/mol. The zero-order chi connectivity index (χ0) is 21.6. The molecule has 0 atom stereocenters. The number of aryl methyl sites for hydroxylation is 1. The number of hydrogen-bond donors (Lipinski definition) is 2. The van der Waals surface area contributed by atoms with Gasteiger partial charge in [-0.05, 0) is 50.5 Å². The SMILES string of the molecule is CCCCCCc1cccc(N(CC)CC)c1C(=O)c1ccccc1O.O=CO. The normalized spacial score (nSPS) is 10.0. The van der Waals surface area contributed by atoms with Gasteiger partial charge in [-0.2, -0.15) is 0 Å². The number of carboxylic acid groups (broad SMARTS) is 1. The second-order valence-electron chi connectivity index (χ2n) is 6.75. The number of ketones is 1. The molecule has 0 aliphatic carbocycles. The van der Waals surface area contributed by atoms with Gasteiger partial charge in [-0.3, -0.25) is 9.59 Å². The lowest BCUT2D eigenvalue weighted by Crippen LogP contribution is -2.25. The van der Waals surface area contributed by atoms with Crippen molar-refractivity contribution in [1.82, 2.24) is 0 Å². The van der Waals surface area contributed by atoms with Crippen LogP contribution in [-0.2, 0) is 11.2 Å². The summed E-state index contributed by atoms with van der Waals surface area (Å²) in [6.45, 7) is 7.85. The molecule has 0 aromatic heterocycles. The lowest BCUT2D eigenvalue weighted by atomic mass is 9.92. The average molecular weight is 400 g/mol. The fraction of sp³-hybridized carbons (Fsp3) is 0.417. The first kappa shape index (κ1) is 24.2. The zero-order valence-electron chi connectivity index (χ0n) is 17.7. The predicted molar refractivity (Wildman–Crippen MR) is 118 cm³/mol. The number of para-hydroxylation sites is 1. The van der Waals surface area contributed by atoms with Crippen molar-refractivity contribution < 1.29 is 19.8 Å². The molecule has 0 aliphatic heterocycles. The molecule has 0 fully saturated rings. The molecule has 2 rings (SSSR count). The Hall–Kier alpha value is -2.82. The average Bonchev–Trinajstić information content (AvgIpc) is 2.73. The van der Waals surface area contributed by atoms with Crippen LogP contribution in [0.15, 0.2) is 42.5 Å². The number of carbonyl (C=O) groups is 2. The zero-order valence-corrected chi connectivity index (χ0v) is 17.7. The van der Waals surface area contributed by atoms with Crippen LogP contribution >= 0.6 is 0 Å². The van der Waals surface area contributed by atoms with E-state index in [2.05, 4.69) is 31.7 Å². The van der Waals surface area contributed by atoms with Gasteiger partial charge >= 0.3 is 0 Å². The van der Waals surface area contributed by atoms with Gasteiger partial charge < -0.3 is 15.1 Å². The Labute approximate surface area is 174 Å². The summed E-state index contributed by atoms with van der Waals surface area (Å²) < 4.78 is 0. The number of hydrogen-bond acceptors (Lipinski definition) is 4. The number of carbonyl (C=O) groups excluding carboxylic acids is 1. The Morgan fingerprint density at radius 3 is 2.21 bits per heavy atom. The minimum Gasteiger partial charge on any atom is -0.507 e. The lowest BCUT2D eigenvalue weighted by molar-refractivity contribution is -0.122. The van der Waals surface area contributed by atoms with E-state index in [1.54, 1.807) is 24.3 Å². The number of phenols is 1. The van der Waals surface area contributed by atoms with Crippen LogP contribution in [0.25, 0.3) is 0 Å². The van der Waals surface area contributed by atoms with Crippen LogP contribution in [0.1, 0.15) is 67.9 Å². The molecular formula is C24H33NO4. The van der Waals surface area contributed by atoms with E-state index >= 15 is 0 Å². The number of rotatable bonds is 10. The van der Waals surface area contributed by atoms with Gasteiger partial charge in [0.2, 0.25) is 0 Å². The van der Waals surface area contributed by atoms with E-state index < -0.39 is 0 Å². The van der Waals surface area contributed by atoms with Crippen LogP contribution in [0.2, 0.25) is 0 Å². The maximum Gasteiger partial charge on any atom is 0.290 e. The summed E-state index contributed by atoms with van der Waals surface area (Å²) in [7, 11) is 0. The largest absolute Gasteiger partial charge is 0.507 e. The van der Waals surface area contributed by atoms with E-state index in [9.17, 15) is 9.90 Å². The summed E-state index contributed by atoms with van der Waals surface area (Å²) in [4.78, 5) is 23.9. The van der Waals surface area contributed by atoms with Crippen LogP contribution in [0.3, 0.4) is 0 Å². The van der Waals surface area contributed by atoms with Crippen LogP contribution in [-0.4, -0.2) is 35.6 Å². The molecule has 0 saturated heterocycles. The second-order valence-corrected chi connectivity index (χ2v) is 6.75. The second kappa shape index (κ2) is 13.4. The van der Waals surface area contributed by atoms with Crippen LogP contribution in [0.5, 0.6) is 5.75 Å². The Balaban J connectivity index is 0.00000132. The third-order valence-corrected chi connectivity index (χ3v) is 4.91. The van der Waals surface area contributed by atoms with Gasteiger partial charge in [-0.1, -0.05) is 50.5 Å². The number of unbranched alkanes of at least 4 members (excludes halogenated alkanes) is 3. The Bertz CT molecular complexity index is 769. The first-order chi connectivity index (χ1) is 14.0. The van der Waals surface area contributed by atoms with Crippen molar-refractivity contribution in [2.75, 3.05) is 18.0 Å². The van der Waals surface area contributed by atoms with E-state index in [0.717, 1.165) is 42.7 Å². The first-order valence-corrected chi connectivity index (χ1v) is 10.3. The molecule has 5 nitrogen and oxygen atoms in total. The van der Waals surface area contributed by atoms with Crippen molar-refractivity contribution in [3.63, 3.8) is 0 Å². The molecule has 0 aliphatic rings. The summed E-state index contributed by atoms with van der Waals surface area (Å²) >= 11 is 0. The third-order valence-electron chi connectivity index (χ3n) is 4.91. The fourth-order valence-corrected chi connectivity index (χ4v) is 3.43. The van der Waals surface area contributed by atoms with Gasteiger partial charge in [0.05, 0.1) is 5.56 Å². The minimum atomic E-state index is -0.250. The molecule has 2 aromatic rings. The molecule has 0 amide bonds. The minimum absolute atomic E-state index is 0.0452. The van der Waals surface area contributed by atoms with Gasteiger partial charge in [0, 0.05) is 24.3 Å². The van der Waals surface area contributed by atoms with E-state index in [1.165, 1.54) is 19.3 Å². The molecule has 0 radical (unpaired) electrons. The molecule has 0 spiro atoms. The highest BCUT2D eigenvalue weighted by atomic mass is 16.3. The maximum atomic E-state index is 13.3. The van der Waals surface area contributed by atoms with E-state index in [-0.39, 0.29) is 18.0 Å². The van der Waals surface area contributed by atoms with Crippen LogP contribution < -0.4 is 4.90 Å². The van der Waals surface area contributed by atoms with Crippen LogP contribution in [0.4, 0.5) is 5.69 Å². The van der Waals surface area contributed by atoms with Crippen molar-refractivity contribution in [1.29, 1.82) is 0 Å². The lowest BCUT2D eigenvalue weighted by Gasteiger charge is -2.25. The molecule has 5 heteroatoms. The maximum absolute atomic E-state index is 13.3. The molecule has 0 heterocycles. The molecule has 0 saturated carbocycles. The van der Waals surface area contributed by atoms with Gasteiger partial charge in [0.1, 0.15) is 5.75 Å². The molecule has 2 aromatic carbocycles. The molecule has 29 heavy (non-hydrogen) atoms. The quantitative estimate of drug-likeness (QED) is 0.322. The number of phenolic OH excluding ortho intramolecular Hbond substituents is 1. The van der Waals surface area contributed by atoms with Gasteiger partial charge in [0.15, 0.2) is 5.78 Å². The van der Waals surface area contributed by atoms with Crippen molar-refractivity contribution in [3.8, 4) is 5.75 Å². The van der Waals surface area contributed by atoms with Gasteiger partial charge in [-0.25, -0.2) is 0 Å². The number of aromatic hydroxyl groups is 1. The summed E-state index contributed by atoms with van der Waals surface area (Å²) in [5, 5.41) is 17.1. The topological polar surface area (TPSA) is 77.8 Å². The monoisotopic (exact) mass is 399 g/mol. The molecule has 0 bridgehead atoms. The molecule has 0 unspecified atom stereocenters. The highest BCUT2D eigenvalue weighted by Gasteiger charge is 2.22. The summed E-state index contributed by atoms with van der Waals surface area (Å²) in [6, 6.07) is 13.0. The number of nitrogens with zero attached hydrogens (tertiary/aromatic N) is 1. The Morgan fingerprint density at radius 2 is 1.62 bits per heavy atom.